The number of imide groups is 2. The SMILES string of the molecule is O=C1CCN(Cc2cc(F)cc(F)c2)C(=O)N1Cc1cccc(N2C(=O)NC3(CCCC3)C2=O)c1. The lowest BCUT2D eigenvalue weighted by Crippen LogP contribution is -2.51. The van der Waals surface area contributed by atoms with E-state index in [-0.39, 0.29) is 43.4 Å². The first kappa shape index (κ1) is 22.9. The van der Waals surface area contributed by atoms with Gasteiger partial charge in [-0.25, -0.2) is 23.3 Å². The highest BCUT2D eigenvalue weighted by molar-refractivity contribution is 6.23. The highest BCUT2D eigenvalue weighted by Gasteiger charge is 2.52. The van der Waals surface area contributed by atoms with Gasteiger partial charge in [0.2, 0.25) is 5.91 Å². The highest BCUT2D eigenvalue weighted by Crippen LogP contribution is 2.37. The zero-order valence-corrected chi connectivity index (χ0v) is 18.9. The van der Waals surface area contributed by atoms with Crippen LogP contribution >= 0.6 is 0 Å². The van der Waals surface area contributed by atoms with Gasteiger partial charge in [0.15, 0.2) is 0 Å². The van der Waals surface area contributed by atoms with E-state index in [9.17, 15) is 28.0 Å². The van der Waals surface area contributed by atoms with Gasteiger partial charge in [0.05, 0.1) is 12.2 Å². The Kier molecular flexibility index (Phi) is 5.74. The van der Waals surface area contributed by atoms with Crippen molar-refractivity contribution in [2.45, 2.75) is 50.7 Å². The summed E-state index contributed by atoms with van der Waals surface area (Å²) in [6.07, 6.45) is 3.03. The van der Waals surface area contributed by atoms with Gasteiger partial charge in [0.25, 0.3) is 5.91 Å². The van der Waals surface area contributed by atoms with Crippen molar-refractivity contribution in [1.29, 1.82) is 0 Å². The van der Waals surface area contributed by atoms with Crippen LogP contribution in [0.25, 0.3) is 0 Å². The fourth-order valence-electron chi connectivity index (χ4n) is 5.11. The number of halogens is 2. The minimum Gasteiger partial charge on any atom is -0.323 e. The Morgan fingerprint density at radius 3 is 2.31 bits per heavy atom. The Hall–Kier alpha value is -3.82. The van der Waals surface area contributed by atoms with Gasteiger partial charge >= 0.3 is 12.1 Å². The molecule has 182 valence electrons. The summed E-state index contributed by atoms with van der Waals surface area (Å²) in [5, 5.41) is 2.84. The third-order valence-corrected chi connectivity index (χ3v) is 6.82. The number of nitrogens with zero attached hydrogens (tertiary/aromatic N) is 3. The fourth-order valence-corrected chi connectivity index (χ4v) is 5.11. The van der Waals surface area contributed by atoms with Gasteiger partial charge in [-0.3, -0.25) is 14.5 Å². The largest absolute Gasteiger partial charge is 0.329 e. The Labute approximate surface area is 200 Å². The molecule has 1 saturated carbocycles. The molecule has 0 atom stereocenters. The van der Waals surface area contributed by atoms with Gasteiger partial charge in [0.1, 0.15) is 17.2 Å². The predicted octanol–water partition coefficient (Wildman–Crippen LogP) is 3.69. The molecule has 0 aromatic heterocycles. The second-order valence-electron chi connectivity index (χ2n) is 9.24. The van der Waals surface area contributed by atoms with Crippen LogP contribution in [-0.2, 0) is 22.7 Å². The molecule has 2 aromatic carbocycles. The summed E-state index contributed by atoms with van der Waals surface area (Å²) >= 11 is 0. The first-order valence-corrected chi connectivity index (χ1v) is 11.6. The second kappa shape index (κ2) is 8.75. The monoisotopic (exact) mass is 482 g/mol. The Morgan fingerprint density at radius 1 is 0.886 bits per heavy atom. The number of urea groups is 2. The predicted molar refractivity (Wildman–Crippen MR) is 121 cm³/mol. The Bertz CT molecular complexity index is 1210. The van der Waals surface area contributed by atoms with E-state index in [1.165, 1.54) is 4.90 Å². The number of hydrogen-bond donors (Lipinski definition) is 1. The molecule has 6 amide bonds. The molecule has 0 bridgehead atoms. The average Bonchev–Trinajstić information content (AvgIpc) is 3.37. The maximum Gasteiger partial charge on any atom is 0.329 e. The first-order chi connectivity index (χ1) is 16.8. The summed E-state index contributed by atoms with van der Waals surface area (Å²) in [5.74, 6) is -2.14. The van der Waals surface area contributed by atoms with E-state index in [0.717, 1.165) is 40.8 Å². The fraction of sp³-hybridized carbons (Fsp3) is 0.360. The molecule has 1 spiro atoms. The molecule has 1 aliphatic carbocycles. The maximum atomic E-state index is 13.6. The van der Waals surface area contributed by atoms with Gasteiger partial charge in [-0.15, -0.1) is 0 Å². The van der Waals surface area contributed by atoms with Crippen LogP contribution in [0.1, 0.15) is 43.2 Å². The first-order valence-electron chi connectivity index (χ1n) is 11.6. The van der Waals surface area contributed by atoms with E-state index in [2.05, 4.69) is 5.32 Å². The molecule has 2 saturated heterocycles. The zero-order chi connectivity index (χ0) is 24.7. The summed E-state index contributed by atoms with van der Waals surface area (Å²) in [6, 6.07) is 8.62. The molecule has 3 aliphatic rings. The number of anilines is 1. The molecule has 0 radical (unpaired) electrons. The molecule has 2 heterocycles. The molecule has 2 aliphatic heterocycles. The van der Waals surface area contributed by atoms with Gasteiger partial charge in [-0.05, 0) is 48.2 Å². The lowest BCUT2D eigenvalue weighted by molar-refractivity contribution is -0.131. The number of nitrogens with one attached hydrogen (secondary N) is 1. The molecule has 35 heavy (non-hydrogen) atoms. The number of benzene rings is 2. The Balaban J connectivity index is 1.33. The van der Waals surface area contributed by atoms with Crippen molar-refractivity contribution in [2.24, 2.45) is 0 Å². The molecular weight excluding hydrogens is 458 g/mol. The van der Waals surface area contributed by atoms with Gasteiger partial charge in [0, 0.05) is 25.6 Å². The van der Waals surface area contributed by atoms with Gasteiger partial charge in [-0.1, -0.05) is 25.0 Å². The summed E-state index contributed by atoms with van der Waals surface area (Å²) < 4.78 is 27.1. The van der Waals surface area contributed by atoms with E-state index >= 15 is 0 Å². The van der Waals surface area contributed by atoms with Crippen molar-refractivity contribution >= 4 is 29.6 Å². The lowest BCUT2D eigenvalue weighted by Gasteiger charge is -2.34. The third-order valence-electron chi connectivity index (χ3n) is 6.82. The van der Waals surface area contributed by atoms with Crippen molar-refractivity contribution in [3.63, 3.8) is 0 Å². The molecular formula is C25H24F2N4O4. The average molecular weight is 482 g/mol. The minimum atomic E-state index is -0.844. The minimum absolute atomic E-state index is 0.0398. The molecule has 0 unspecified atom stereocenters. The molecule has 3 fully saturated rings. The molecule has 10 heteroatoms. The van der Waals surface area contributed by atoms with Crippen molar-refractivity contribution < 1.29 is 28.0 Å². The van der Waals surface area contributed by atoms with Crippen molar-refractivity contribution in [3.05, 3.63) is 65.2 Å². The lowest BCUT2D eigenvalue weighted by atomic mass is 9.98. The van der Waals surface area contributed by atoms with Crippen LogP contribution < -0.4 is 10.2 Å². The molecule has 5 rings (SSSR count). The van der Waals surface area contributed by atoms with E-state index < -0.39 is 29.2 Å². The number of carbonyl (C=O) groups excluding carboxylic acids is 4. The zero-order valence-electron chi connectivity index (χ0n) is 18.9. The van der Waals surface area contributed by atoms with Crippen molar-refractivity contribution in [2.75, 3.05) is 11.4 Å². The topological polar surface area (TPSA) is 90.0 Å². The van der Waals surface area contributed by atoms with Crippen LogP contribution in [0.2, 0.25) is 0 Å². The normalized spacial score (nSPS) is 19.8. The van der Waals surface area contributed by atoms with Crippen LogP contribution in [0.15, 0.2) is 42.5 Å². The number of rotatable bonds is 5. The van der Waals surface area contributed by atoms with Gasteiger partial charge < -0.3 is 10.2 Å². The number of amides is 6. The third kappa shape index (κ3) is 4.24. The van der Waals surface area contributed by atoms with Crippen molar-refractivity contribution in [1.82, 2.24) is 15.1 Å². The van der Waals surface area contributed by atoms with E-state index in [1.807, 2.05) is 0 Å². The number of carbonyl (C=O) groups is 4. The quantitative estimate of drug-likeness (QED) is 0.659. The van der Waals surface area contributed by atoms with E-state index in [0.29, 0.717) is 24.1 Å². The van der Waals surface area contributed by atoms with Crippen LogP contribution in [0, 0.1) is 11.6 Å². The molecule has 1 N–H and O–H groups in total. The van der Waals surface area contributed by atoms with Crippen LogP contribution in [0.4, 0.5) is 24.1 Å². The summed E-state index contributed by atoms with van der Waals surface area (Å²) in [6.45, 7) is 0.0348. The highest BCUT2D eigenvalue weighted by atomic mass is 19.1. The second-order valence-corrected chi connectivity index (χ2v) is 9.24. The van der Waals surface area contributed by atoms with Crippen LogP contribution in [-0.4, -0.2) is 45.8 Å². The van der Waals surface area contributed by atoms with E-state index in [4.69, 9.17) is 0 Å². The van der Waals surface area contributed by atoms with Crippen LogP contribution in [0.5, 0.6) is 0 Å². The summed E-state index contributed by atoms with van der Waals surface area (Å²) in [4.78, 5) is 54.9. The standard InChI is InChI=1S/C25H24F2N4O4/c26-18-10-17(11-19(27)13-18)14-29-9-6-21(32)30(24(29)35)15-16-4-3-5-20(12-16)31-22(33)25(28-23(31)34)7-1-2-8-25/h3-5,10-13H,1-2,6-9,14-15H2,(H,28,34). The van der Waals surface area contributed by atoms with Gasteiger partial charge in [-0.2, -0.15) is 0 Å². The summed E-state index contributed by atoms with van der Waals surface area (Å²) in [5.41, 5.74) is 0.378. The maximum absolute atomic E-state index is 13.6. The smallest absolute Gasteiger partial charge is 0.323 e. The number of hydrogen-bond acceptors (Lipinski definition) is 4. The summed E-state index contributed by atoms with van der Waals surface area (Å²) in [7, 11) is 0. The molecule has 2 aromatic rings. The van der Waals surface area contributed by atoms with Crippen molar-refractivity contribution in [3.8, 4) is 0 Å². The van der Waals surface area contributed by atoms with Crippen LogP contribution in [0.3, 0.4) is 0 Å². The Morgan fingerprint density at radius 2 is 1.60 bits per heavy atom. The van der Waals surface area contributed by atoms with E-state index in [1.54, 1.807) is 24.3 Å². The molecule has 8 nitrogen and oxygen atoms in total.